The van der Waals surface area contributed by atoms with E-state index in [1.807, 2.05) is 72.8 Å². The molecule has 0 N–H and O–H groups in total. The summed E-state index contributed by atoms with van der Waals surface area (Å²) in [6.07, 6.45) is 8.16. The third-order valence-corrected chi connectivity index (χ3v) is 8.86. The van der Waals surface area contributed by atoms with E-state index in [0.29, 0.717) is 23.4 Å². The van der Waals surface area contributed by atoms with Crippen molar-refractivity contribution in [2.45, 2.75) is 12.1 Å². The van der Waals surface area contributed by atoms with Gasteiger partial charge in [-0.3, -0.25) is 0 Å². The van der Waals surface area contributed by atoms with Crippen molar-refractivity contribution in [3.63, 3.8) is 0 Å². The first-order chi connectivity index (χ1) is 23.3. The molecule has 0 saturated carbocycles. The van der Waals surface area contributed by atoms with Gasteiger partial charge in [0.05, 0.1) is 0 Å². The molecule has 0 amide bonds. The summed E-state index contributed by atoms with van der Waals surface area (Å²) in [6, 6.07) is 45.8. The van der Waals surface area contributed by atoms with Crippen molar-refractivity contribution in [3.8, 4) is 45.3 Å². The second-order valence-corrected chi connectivity index (χ2v) is 11.7. The molecule has 0 radical (unpaired) electrons. The summed E-state index contributed by atoms with van der Waals surface area (Å²) in [5.74, 6) is 2.57. The van der Waals surface area contributed by atoms with Gasteiger partial charge in [-0.15, -0.1) is 0 Å². The predicted molar refractivity (Wildman–Crippen MR) is 190 cm³/mol. The number of benzene rings is 6. The Kier molecular flexibility index (Phi) is 6.53. The van der Waals surface area contributed by atoms with E-state index in [0.717, 1.165) is 54.9 Å². The van der Waals surface area contributed by atoms with Crippen LogP contribution >= 0.6 is 0 Å². The molecule has 7 aromatic rings. The normalized spacial score (nSPS) is 16.6. The van der Waals surface area contributed by atoms with Gasteiger partial charge in [-0.05, 0) is 45.3 Å². The lowest BCUT2D eigenvalue weighted by Crippen LogP contribution is -2.19. The van der Waals surface area contributed by atoms with E-state index in [-0.39, 0.29) is 12.1 Å². The van der Waals surface area contributed by atoms with Crippen molar-refractivity contribution in [3.05, 3.63) is 163 Å². The fraction of sp³-hybridized carbons (Fsp3) is 0.0476. The van der Waals surface area contributed by atoms with E-state index >= 15 is 0 Å². The minimum Gasteiger partial charge on any atom is -0.467 e. The van der Waals surface area contributed by atoms with Crippen LogP contribution in [-0.2, 0) is 4.74 Å². The van der Waals surface area contributed by atoms with Gasteiger partial charge < -0.3 is 4.74 Å². The summed E-state index contributed by atoms with van der Waals surface area (Å²) in [4.78, 5) is 20.1. The van der Waals surface area contributed by atoms with E-state index < -0.39 is 0 Å². The number of hydrogen-bond donors (Lipinski definition) is 0. The van der Waals surface area contributed by atoms with Crippen molar-refractivity contribution < 1.29 is 4.74 Å². The van der Waals surface area contributed by atoms with Crippen LogP contribution in [-0.4, -0.2) is 33.0 Å². The van der Waals surface area contributed by atoms with E-state index in [1.54, 1.807) is 0 Å². The lowest BCUT2D eigenvalue weighted by atomic mass is 9.88. The Labute approximate surface area is 272 Å². The molecule has 1 aromatic heterocycles. The topological polar surface area (TPSA) is 60.3 Å². The summed E-state index contributed by atoms with van der Waals surface area (Å²) >= 11 is 0. The SMILES string of the molecule is C1=CC2N=C(c3ccc(-c4c(-c5nc(-c6ccccc6)nc(-c6ccccc6)n5)ccc5ccccc45)c4ccccc34)OC2C=C1. The lowest BCUT2D eigenvalue weighted by molar-refractivity contribution is 0.255. The molecule has 222 valence electrons. The molecule has 9 rings (SSSR count). The van der Waals surface area contributed by atoms with Crippen molar-refractivity contribution >= 4 is 27.4 Å². The zero-order chi connectivity index (χ0) is 31.2. The fourth-order valence-corrected chi connectivity index (χ4v) is 6.61. The quantitative estimate of drug-likeness (QED) is 0.196. The van der Waals surface area contributed by atoms with Gasteiger partial charge in [0.2, 0.25) is 5.90 Å². The molecule has 0 fully saturated rings. The van der Waals surface area contributed by atoms with Gasteiger partial charge in [-0.1, -0.05) is 140 Å². The summed E-state index contributed by atoms with van der Waals surface area (Å²) < 4.78 is 6.36. The van der Waals surface area contributed by atoms with Gasteiger partial charge in [-0.2, -0.15) is 0 Å². The summed E-state index contributed by atoms with van der Waals surface area (Å²) in [7, 11) is 0. The van der Waals surface area contributed by atoms with Crippen LogP contribution < -0.4 is 0 Å². The molecular formula is C42H28N4O. The monoisotopic (exact) mass is 604 g/mol. The number of rotatable bonds is 5. The molecule has 2 atom stereocenters. The van der Waals surface area contributed by atoms with Crippen molar-refractivity contribution in [1.29, 1.82) is 0 Å². The molecule has 5 nitrogen and oxygen atoms in total. The fourth-order valence-electron chi connectivity index (χ4n) is 6.61. The first-order valence-corrected chi connectivity index (χ1v) is 15.8. The first kappa shape index (κ1) is 27.1. The average molecular weight is 605 g/mol. The number of hydrogen-bond acceptors (Lipinski definition) is 5. The van der Waals surface area contributed by atoms with Crippen molar-refractivity contribution in [2.75, 3.05) is 0 Å². The van der Waals surface area contributed by atoms with E-state index in [9.17, 15) is 0 Å². The predicted octanol–water partition coefficient (Wildman–Crippen LogP) is 9.49. The number of aromatic nitrogens is 3. The van der Waals surface area contributed by atoms with E-state index in [1.165, 1.54) is 0 Å². The third kappa shape index (κ3) is 4.80. The van der Waals surface area contributed by atoms with Gasteiger partial charge in [0, 0.05) is 27.8 Å². The number of allylic oxidation sites excluding steroid dienone is 2. The Morgan fingerprint density at radius 2 is 1.00 bits per heavy atom. The summed E-state index contributed by atoms with van der Waals surface area (Å²) in [5.41, 5.74) is 5.97. The Balaban J connectivity index is 1.29. The number of nitrogens with zero attached hydrogens (tertiary/aromatic N) is 4. The van der Waals surface area contributed by atoms with Crippen LogP contribution in [0.3, 0.4) is 0 Å². The Bertz CT molecular complexity index is 2340. The molecule has 0 saturated heterocycles. The molecule has 5 heteroatoms. The molecule has 0 spiro atoms. The highest BCUT2D eigenvalue weighted by molar-refractivity contribution is 6.15. The second kappa shape index (κ2) is 11.3. The standard InChI is InChI=1S/C42H28N4O/c1-3-14-28(15-4-1)39-44-40(29-16-5-2-6-17-29)46-41(45-39)35-24-23-27-13-7-8-18-30(27)38(35)33-25-26-34(32-20-10-9-19-31(32)33)42-43-36-21-11-12-22-37(36)47-42/h1-26,36-37H. The number of aliphatic imine (C=N–C) groups is 1. The van der Waals surface area contributed by atoms with Crippen molar-refractivity contribution in [1.82, 2.24) is 15.0 Å². The minimum atomic E-state index is -0.0698. The van der Waals surface area contributed by atoms with E-state index in [4.69, 9.17) is 24.7 Å². The van der Waals surface area contributed by atoms with Crippen LogP contribution in [0.4, 0.5) is 0 Å². The van der Waals surface area contributed by atoms with Gasteiger partial charge >= 0.3 is 0 Å². The molecular weight excluding hydrogens is 576 g/mol. The highest BCUT2D eigenvalue weighted by Gasteiger charge is 2.30. The van der Waals surface area contributed by atoms with Crippen LogP contribution in [0.15, 0.2) is 163 Å². The molecule has 6 aromatic carbocycles. The second-order valence-electron chi connectivity index (χ2n) is 11.7. The first-order valence-electron chi connectivity index (χ1n) is 15.8. The highest BCUT2D eigenvalue weighted by atomic mass is 16.5. The molecule has 2 aliphatic rings. The maximum atomic E-state index is 6.36. The maximum Gasteiger partial charge on any atom is 0.218 e. The zero-order valence-electron chi connectivity index (χ0n) is 25.4. The Morgan fingerprint density at radius 3 is 1.70 bits per heavy atom. The molecule has 1 aliphatic carbocycles. The number of fused-ring (bicyclic) bond motifs is 3. The average Bonchev–Trinajstić information content (AvgIpc) is 3.59. The van der Waals surface area contributed by atoms with Crippen LogP contribution in [0.2, 0.25) is 0 Å². The molecule has 2 heterocycles. The molecule has 1 aliphatic heterocycles. The molecule has 2 unspecified atom stereocenters. The smallest absolute Gasteiger partial charge is 0.218 e. The minimum absolute atomic E-state index is 0.000400. The van der Waals surface area contributed by atoms with Crippen LogP contribution in [0, 0.1) is 0 Å². The van der Waals surface area contributed by atoms with Gasteiger partial charge in [0.15, 0.2) is 17.5 Å². The zero-order valence-corrected chi connectivity index (χ0v) is 25.4. The Morgan fingerprint density at radius 1 is 0.447 bits per heavy atom. The molecule has 0 bridgehead atoms. The maximum absolute atomic E-state index is 6.36. The molecule has 47 heavy (non-hydrogen) atoms. The lowest BCUT2D eigenvalue weighted by Gasteiger charge is -2.18. The van der Waals surface area contributed by atoms with Crippen molar-refractivity contribution in [2.24, 2.45) is 4.99 Å². The van der Waals surface area contributed by atoms with Crippen LogP contribution in [0.5, 0.6) is 0 Å². The third-order valence-electron chi connectivity index (χ3n) is 8.86. The van der Waals surface area contributed by atoms with Gasteiger partial charge in [0.25, 0.3) is 0 Å². The van der Waals surface area contributed by atoms with Gasteiger partial charge in [-0.25, -0.2) is 19.9 Å². The number of ether oxygens (including phenoxy) is 1. The Hall–Kier alpha value is -6.20. The van der Waals surface area contributed by atoms with Gasteiger partial charge in [0.1, 0.15) is 12.1 Å². The van der Waals surface area contributed by atoms with Crippen LogP contribution in [0.25, 0.3) is 66.8 Å². The summed E-state index contributed by atoms with van der Waals surface area (Å²) in [6.45, 7) is 0. The summed E-state index contributed by atoms with van der Waals surface area (Å²) in [5, 5.41) is 4.46. The largest absolute Gasteiger partial charge is 0.467 e. The van der Waals surface area contributed by atoms with E-state index in [2.05, 4.69) is 84.9 Å². The van der Waals surface area contributed by atoms with Crippen LogP contribution in [0.1, 0.15) is 5.56 Å². The highest BCUT2D eigenvalue weighted by Crippen LogP contribution is 2.42.